The Hall–Kier alpha value is -4.05. The molecular formula is C29H35N3O6S. The number of rotatable bonds is 12. The lowest BCUT2D eigenvalue weighted by molar-refractivity contribution is -0.127. The fourth-order valence-electron chi connectivity index (χ4n) is 3.87. The largest absolute Gasteiger partial charge is 0.497 e. The number of amides is 3. The van der Waals surface area contributed by atoms with E-state index in [1.165, 1.54) is 37.6 Å². The van der Waals surface area contributed by atoms with Crippen LogP contribution in [0.1, 0.15) is 48.5 Å². The third-order valence-corrected chi connectivity index (χ3v) is 7.19. The van der Waals surface area contributed by atoms with Crippen LogP contribution < -0.4 is 29.7 Å². The van der Waals surface area contributed by atoms with Crippen molar-refractivity contribution in [3.63, 3.8) is 0 Å². The summed E-state index contributed by atoms with van der Waals surface area (Å²) in [6, 6.07) is 14.3. The maximum absolute atomic E-state index is 14.0. The number of carbonyl (C=O) groups is 3. The molecule has 3 amide bonds. The van der Waals surface area contributed by atoms with E-state index in [2.05, 4.69) is 10.6 Å². The van der Waals surface area contributed by atoms with E-state index in [1.807, 2.05) is 20.8 Å². The molecule has 0 saturated carbocycles. The zero-order valence-electron chi connectivity index (χ0n) is 23.1. The molecule has 10 heteroatoms. The standard InChI is InChI=1S/C29H35N3O6S/c1-7-29(2,3)31-28(35)26(19-10-8-11-21(16-19)36-4)32(20-13-14-22(37-5)23(17-20)38-6)25(33)18-30-27(34)24-12-9-15-39-24/h8-17,26H,7,18H2,1-6H3,(H,30,34)(H,31,35). The molecule has 1 unspecified atom stereocenters. The van der Waals surface area contributed by atoms with Gasteiger partial charge >= 0.3 is 0 Å². The van der Waals surface area contributed by atoms with Crippen LogP contribution in [0.5, 0.6) is 17.2 Å². The van der Waals surface area contributed by atoms with E-state index in [0.29, 0.717) is 39.8 Å². The van der Waals surface area contributed by atoms with Gasteiger partial charge in [-0.3, -0.25) is 19.3 Å². The van der Waals surface area contributed by atoms with E-state index in [0.717, 1.165) is 0 Å². The molecular weight excluding hydrogens is 518 g/mol. The highest BCUT2D eigenvalue weighted by Crippen LogP contribution is 2.36. The molecule has 0 spiro atoms. The highest BCUT2D eigenvalue weighted by molar-refractivity contribution is 7.12. The first-order valence-electron chi connectivity index (χ1n) is 12.5. The van der Waals surface area contributed by atoms with Gasteiger partial charge in [0.2, 0.25) is 11.8 Å². The van der Waals surface area contributed by atoms with Gasteiger partial charge in [-0.1, -0.05) is 25.1 Å². The molecule has 0 aliphatic carbocycles. The molecule has 0 bridgehead atoms. The van der Waals surface area contributed by atoms with Crippen molar-refractivity contribution in [2.45, 2.75) is 38.8 Å². The Morgan fingerprint density at radius 1 is 0.949 bits per heavy atom. The summed E-state index contributed by atoms with van der Waals surface area (Å²) in [5.41, 5.74) is 0.389. The topological polar surface area (TPSA) is 106 Å². The van der Waals surface area contributed by atoms with Crippen LogP contribution in [0, 0.1) is 0 Å². The van der Waals surface area contributed by atoms with Crippen molar-refractivity contribution in [2.75, 3.05) is 32.8 Å². The second kappa shape index (κ2) is 13.1. The summed E-state index contributed by atoms with van der Waals surface area (Å²) < 4.78 is 16.3. The second-order valence-corrected chi connectivity index (χ2v) is 10.3. The molecule has 3 rings (SSSR count). The molecule has 0 radical (unpaired) electrons. The summed E-state index contributed by atoms with van der Waals surface area (Å²) in [5.74, 6) is 0.126. The molecule has 0 aliphatic heterocycles. The minimum atomic E-state index is -1.09. The quantitative estimate of drug-likeness (QED) is 0.340. The fourth-order valence-corrected chi connectivity index (χ4v) is 4.51. The molecule has 39 heavy (non-hydrogen) atoms. The Morgan fingerprint density at radius 3 is 2.31 bits per heavy atom. The second-order valence-electron chi connectivity index (χ2n) is 9.37. The molecule has 0 aliphatic rings. The average molecular weight is 554 g/mol. The van der Waals surface area contributed by atoms with Crippen LogP contribution in [0.4, 0.5) is 5.69 Å². The summed E-state index contributed by atoms with van der Waals surface area (Å²) in [4.78, 5) is 42.3. The molecule has 1 atom stereocenters. The van der Waals surface area contributed by atoms with Gasteiger partial charge < -0.3 is 24.8 Å². The molecule has 1 heterocycles. The van der Waals surface area contributed by atoms with Crippen LogP contribution in [-0.2, 0) is 9.59 Å². The molecule has 0 fully saturated rings. The van der Waals surface area contributed by atoms with Gasteiger partial charge in [-0.25, -0.2) is 0 Å². The zero-order valence-corrected chi connectivity index (χ0v) is 23.9. The highest BCUT2D eigenvalue weighted by atomic mass is 32.1. The van der Waals surface area contributed by atoms with Crippen molar-refractivity contribution in [2.24, 2.45) is 0 Å². The van der Waals surface area contributed by atoms with E-state index in [-0.39, 0.29) is 18.4 Å². The Kier molecular flexibility index (Phi) is 9.95. The number of benzene rings is 2. The summed E-state index contributed by atoms with van der Waals surface area (Å²) in [5, 5.41) is 7.53. The third-order valence-electron chi connectivity index (χ3n) is 6.32. The predicted molar refractivity (Wildman–Crippen MR) is 152 cm³/mol. The smallest absolute Gasteiger partial charge is 0.261 e. The van der Waals surface area contributed by atoms with Crippen LogP contribution in [0.25, 0.3) is 0 Å². The molecule has 1 aromatic heterocycles. The Balaban J connectivity index is 2.13. The first-order valence-corrected chi connectivity index (χ1v) is 13.3. The van der Waals surface area contributed by atoms with Gasteiger partial charge in [0.1, 0.15) is 11.8 Å². The Labute approximate surface area is 233 Å². The number of thiophene rings is 1. The van der Waals surface area contributed by atoms with Crippen molar-refractivity contribution in [3.8, 4) is 17.2 Å². The number of anilines is 1. The number of methoxy groups -OCH3 is 3. The zero-order chi connectivity index (χ0) is 28.6. The molecule has 208 valence electrons. The van der Waals surface area contributed by atoms with Crippen LogP contribution in [0.3, 0.4) is 0 Å². The van der Waals surface area contributed by atoms with Gasteiger partial charge in [-0.05, 0) is 61.5 Å². The molecule has 2 N–H and O–H groups in total. The van der Waals surface area contributed by atoms with Crippen molar-refractivity contribution >= 4 is 34.7 Å². The summed E-state index contributed by atoms with van der Waals surface area (Å²) >= 11 is 1.27. The van der Waals surface area contributed by atoms with Crippen molar-refractivity contribution in [1.82, 2.24) is 10.6 Å². The maximum atomic E-state index is 14.0. The van der Waals surface area contributed by atoms with Gasteiger partial charge in [0.15, 0.2) is 11.5 Å². The lowest BCUT2D eigenvalue weighted by Gasteiger charge is -2.35. The molecule has 0 saturated heterocycles. The number of nitrogens with one attached hydrogen (secondary N) is 2. The van der Waals surface area contributed by atoms with Crippen molar-refractivity contribution in [1.29, 1.82) is 0 Å². The van der Waals surface area contributed by atoms with Gasteiger partial charge in [-0.2, -0.15) is 0 Å². The van der Waals surface area contributed by atoms with Crippen LogP contribution >= 0.6 is 11.3 Å². The van der Waals surface area contributed by atoms with E-state index in [1.54, 1.807) is 60.0 Å². The monoisotopic (exact) mass is 553 g/mol. The molecule has 9 nitrogen and oxygen atoms in total. The number of hydrogen-bond acceptors (Lipinski definition) is 7. The number of ether oxygens (including phenoxy) is 3. The minimum absolute atomic E-state index is 0.337. The van der Waals surface area contributed by atoms with Gasteiger partial charge in [0, 0.05) is 17.3 Å². The van der Waals surface area contributed by atoms with E-state index < -0.39 is 17.5 Å². The van der Waals surface area contributed by atoms with Crippen LogP contribution in [0.2, 0.25) is 0 Å². The van der Waals surface area contributed by atoms with Crippen molar-refractivity contribution in [3.05, 3.63) is 70.4 Å². The fraction of sp³-hybridized carbons (Fsp3) is 0.345. The molecule has 3 aromatic rings. The first kappa shape index (κ1) is 29.5. The highest BCUT2D eigenvalue weighted by Gasteiger charge is 2.35. The van der Waals surface area contributed by atoms with Crippen molar-refractivity contribution < 1.29 is 28.6 Å². The number of nitrogens with zero attached hydrogens (tertiary/aromatic N) is 1. The van der Waals surface area contributed by atoms with Crippen LogP contribution in [0.15, 0.2) is 60.0 Å². The van der Waals surface area contributed by atoms with Gasteiger partial charge in [0.25, 0.3) is 5.91 Å². The van der Waals surface area contributed by atoms with Crippen LogP contribution in [-0.4, -0.2) is 51.1 Å². The summed E-state index contributed by atoms with van der Waals surface area (Å²) in [7, 11) is 4.54. The lowest BCUT2D eigenvalue weighted by Crippen LogP contribution is -2.52. The Bertz CT molecular complexity index is 1290. The number of carbonyl (C=O) groups excluding carboxylic acids is 3. The van der Waals surface area contributed by atoms with Gasteiger partial charge in [0.05, 0.1) is 32.8 Å². The van der Waals surface area contributed by atoms with Gasteiger partial charge in [-0.15, -0.1) is 11.3 Å². The predicted octanol–water partition coefficient (Wildman–Crippen LogP) is 4.58. The molecule has 2 aromatic carbocycles. The summed E-state index contributed by atoms with van der Waals surface area (Å²) in [6.45, 7) is 5.46. The lowest BCUT2D eigenvalue weighted by atomic mass is 9.98. The maximum Gasteiger partial charge on any atom is 0.261 e. The van der Waals surface area contributed by atoms with E-state index >= 15 is 0 Å². The SMILES string of the molecule is CCC(C)(C)NC(=O)C(c1cccc(OC)c1)N(C(=O)CNC(=O)c1cccs1)c1ccc(OC)c(OC)c1. The normalized spacial score (nSPS) is 11.7. The summed E-state index contributed by atoms with van der Waals surface area (Å²) in [6.07, 6.45) is 0.671. The minimum Gasteiger partial charge on any atom is -0.497 e. The average Bonchev–Trinajstić information content (AvgIpc) is 3.49. The van der Waals surface area contributed by atoms with E-state index in [9.17, 15) is 14.4 Å². The number of hydrogen-bond donors (Lipinski definition) is 2. The Morgan fingerprint density at radius 2 is 1.69 bits per heavy atom. The third kappa shape index (κ3) is 7.29. The van der Waals surface area contributed by atoms with E-state index in [4.69, 9.17) is 14.2 Å². The first-order chi connectivity index (χ1) is 18.6.